The number of rotatable bonds is 6. The molecule has 8 heteroatoms. The number of amides is 1. The molecule has 8 nitrogen and oxygen atoms in total. The molecular formula is C18H27N5O3. The van der Waals surface area contributed by atoms with E-state index in [1.165, 1.54) is 0 Å². The molecule has 0 saturated heterocycles. The molecule has 0 fully saturated rings. The number of methoxy groups -OCH3 is 1. The highest BCUT2D eigenvalue weighted by Crippen LogP contribution is 2.29. The number of fused-ring (bicyclic) bond motifs is 1. The van der Waals surface area contributed by atoms with Crippen molar-refractivity contribution in [3.05, 3.63) is 30.2 Å². The molecule has 0 unspecified atom stereocenters. The second kappa shape index (κ2) is 7.35. The molecule has 2 aromatic rings. The van der Waals surface area contributed by atoms with Crippen molar-refractivity contribution >= 4 is 17.5 Å². The summed E-state index contributed by atoms with van der Waals surface area (Å²) in [5.74, 6) is 1.00. The van der Waals surface area contributed by atoms with E-state index >= 15 is 0 Å². The van der Waals surface area contributed by atoms with Crippen molar-refractivity contribution in [1.29, 1.82) is 0 Å². The number of anilines is 2. The molecule has 0 aromatic carbocycles. The van der Waals surface area contributed by atoms with Gasteiger partial charge in [0, 0.05) is 34.9 Å². The van der Waals surface area contributed by atoms with Gasteiger partial charge in [0.1, 0.15) is 5.60 Å². The van der Waals surface area contributed by atoms with E-state index in [0.29, 0.717) is 36.2 Å². The number of aliphatic hydroxyl groups is 1. The molecule has 1 aliphatic heterocycles. The molecule has 2 aromatic heterocycles. The normalized spacial score (nSPS) is 14.2. The van der Waals surface area contributed by atoms with E-state index in [0.717, 1.165) is 12.0 Å². The van der Waals surface area contributed by atoms with Gasteiger partial charge in [-0.15, -0.1) is 0 Å². The third-order valence-corrected chi connectivity index (χ3v) is 4.11. The highest BCUT2D eigenvalue weighted by Gasteiger charge is 2.25. The number of nitrogens with zero attached hydrogens (tertiary/aromatic N) is 4. The Balaban J connectivity index is 0.00000196. The summed E-state index contributed by atoms with van der Waals surface area (Å²) in [6.45, 7) is 4.89. The molecule has 0 spiro atoms. The van der Waals surface area contributed by atoms with Crippen LogP contribution in [0.3, 0.4) is 0 Å². The first kappa shape index (κ1) is 18.2. The predicted molar refractivity (Wildman–Crippen MR) is 102 cm³/mol. The summed E-state index contributed by atoms with van der Waals surface area (Å²) in [4.78, 5) is 27.1. The van der Waals surface area contributed by atoms with Gasteiger partial charge in [-0.25, -0.2) is 9.97 Å². The Morgan fingerprint density at radius 2 is 2.15 bits per heavy atom. The van der Waals surface area contributed by atoms with Crippen molar-refractivity contribution in [2.45, 2.75) is 25.9 Å². The summed E-state index contributed by atoms with van der Waals surface area (Å²) in [5.41, 5.74) is 1.04. The lowest BCUT2D eigenvalue weighted by Gasteiger charge is -2.29. The SMILES string of the molecule is COCCCN1CC(=O)Nc2ncc(-c3ccc(C(C)(C)O)nc3)nc21.[HH].[HH]. The second-order valence-corrected chi connectivity index (χ2v) is 6.73. The predicted octanol–water partition coefficient (Wildman–Crippen LogP) is 2.05. The van der Waals surface area contributed by atoms with Gasteiger partial charge in [0.05, 0.1) is 24.1 Å². The van der Waals surface area contributed by atoms with Crippen LogP contribution in [0.5, 0.6) is 0 Å². The van der Waals surface area contributed by atoms with Gasteiger partial charge in [0.15, 0.2) is 11.6 Å². The second-order valence-electron chi connectivity index (χ2n) is 6.73. The Bertz CT molecular complexity index is 797. The Kier molecular flexibility index (Phi) is 5.15. The first-order valence-electron chi connectivity index (χ1n) is 8.48. The highest BCUT2D eigenvalue weighted by atomic mass is 16.5. The Morgan fingerprint density at radius 1 is 1.35 bits per heavy atom. The average molecular weight is 361 g/mol. The van der Waals surface area contributed by atoms with E-state index in [-0.39, 0.29) is 15.3 Å². The zero-order chi connectivity index (χ0) is 18.7. The third kappa shape index (κ3) is 3.97. The molecular weight excluding hydrogens is 334 g/mol. The van der Waals surface area contributed by atoms with Gasteiger partial charge in [-0.2, -0.15) is 0 Å². The van der Waals surface area contributed by atoms with Crippen LogP contribution in [0.1, 0.15) is 28.8 Å². The third-order valence-electron chi connectivity index (χ3n) is 4.11. The van der Waals surface area contributed by atoms with E-state index in [2.05, 4.69) is 20.3 Å². The Hall–Kier alpha value is -2.58. The first-order chi connectivity index (χ1) is 12.4. The lowest BCUT2D eigenvalue weighted by Crippen LogP contribution is -2.40. The molecule has 1 aliphatic rings. The summed E-state index contributed by atoms with van der Waals surface area (Å²) in [5, 5.41) is 12.8. The van der Waals surface area contributed by atoms with Crippen LogP contribution in [0.4, 0.5) is 11.6 Å². The molecule has 26 heavy (non-hydrogen) atoms. The number of carbonyl (C=O) groups is 1. The molecule has 0 aliphatic carbocycles. The van der Waals surface area contributed by atoms with Crippen molar-refractivity contribution in [3.63, 3.8) is 0 Å². The van der Waals surface area contributed by atoms with Crippen LogP contribution in [0.25, 0.3) is 11.3 Å². The van der Waals surface area contributed by atoms with Gasteiger partial charge in [-0.1, -0.05) is 0 Å². The summed E-state index contributed by atoms with van der Waals surface area (Å²) >= 11 is 0. The van der Waals surface area contributed by atoms with Crippen LogP contribution in [-0.2, 0) is 15.1 Å². The minimum absolute atomic E-state index is 0. The molecule has 2 N–H and O–H groups in total. The zero-order valence-corrected chi connectivity index (χ0v) is 15.2. The fourth-order valence-electron chi connectivity index (χ4n) is 2.74. The zero-order valence-electron chi connectivity index (χ0n) is 15.2. The van der Waals surface area contributed by atoms with Gasteiger partial charge >= 0.3 is 0 Å². The van der Waals surface area contributed by atoms with E-state index < -0.39 is 5.60 Å². The molecule has 3 heterocycles. The summed E-state index contributed by atoms with van der Waals surface area (Å²) in [6, 6.07) is 3.63. The van der Waals surface area contributed by atoms with Crippen LogP contribution in [0.2, 0.25) is 0 Å². The summed E-state index contributed by atoms with van der Waals surface area (Å²) < 4.78 is 5.09. The number of nitrogens with one attached hydrogen (secondary N) is 1. The number of carbonyl (C=O) groups excluding carboxylic acids is 1. The molecule has 0 atom stereocenters. The first-order valence-corrected chi connectivity index (χ1v) is 8.48. The van der Waals surface area contributed by atoms with Gasteiger partial charge in [-0.3, -0.25) is 9.78 Å². The summed E-state index contributed by atoms with van der Waals surface area (Å²) in [7, 11) is 1.65. The maximum absolute atomic E-state index is 11.9. The van der Waals surface area contributed by atoms with Crippen LogP contribution in [-0.4, -0.2) is 52.8 Å². The van der Waals surface area contributed by atoms with Gasteiger partial charge in [-0.05, 0) is 32.4 Å². The standard InChI is InChI=1S/C18H23N5O3.2H2/c1-18(2,25)14-6-5-12(9-19-14)13-10-20-16-17(21-13)23(7-4-8-26-3)11-15(24)22-16;;/h5-6,9-10,25H,4,7-8,11H2,1-3H3,(H,20,22,24);2*1H. The molecule has 3 rings (SSSR count). The van der Waals surface area contributed by atoms with Crippen molar-refractivity contribution in [3.8, 4) is 11.3 Å². The number of pyridine rings is 1. The fourth-order valence-corrected chi connectivity index (χ4v) is 2.74. The molecule has 142 valence electrons. The minimum Gasteiger partial charge on any atom is -0.385 e. The van der Waals surface area contributed by atoms with E-state index in [9.17, 15) is 9.90 Å². The van der Waals surface area contributed by atoms with Crippen LogP contribution < -0.4 is 10.2 Å². The molecule has 0 saturated carbocycles. The van der Waals surface area contributed by atoms with Crippen molar-refractivity contribution in [2.24, 2.45) is 0 Å². The fraction of sp³-hybridized carbons (Fsp3) is 0.444. The monoisotopic (exact) mass is 361 g/mol. The van der Waals surface area contributed by atoms with Gasteiger partial charge in [0.2, 0.25) is 5.91 Å². The summed E-state index contributed by atoms with van der Waals surface area (Å²) in [6.07, 6.45) is 4.07. The number of aromatic nitrogens is 3. The van der Waals surface area contributed by atoms with Crippen molar-refractivity contribution in [2.75, 3.05) is 37.0 Å². The highest BCUT2D eigenvalue weighted by molar-refractivity contribution is 5.99. The Morgan fingerprint density at radius 3 is 2.81 bits per heavy atom. The van der Waals surface area contributed by atoms with Crippen LogP contribution >= 0.6 is 0 Å². The molecule has 0 bridgehead atoms. The number of ether oxygens (including phenoxy) is 1. The van der Waals surface area contributed by atoms with Gasteiger partial charge < -0.3 is 20.1 Å². The topological polar surface area (TPSA) is 100 Å². The minimum atomic E-state index is -0.998. The largest absolute Gasteiger partial charge is 0.385 e. The lowest BCUT2D eigenvalue weighted by atomic mass is 10.0. The molecule has 1 amide bonds. The lowest BCUT2D eigenvalue weighted by molar-refractivity contribution is -0.115. The van der Waals surface area contributed by atoms with E-state index in [4.69, 9.17) is 4.74 Å². The quantitative estimate of drug-likeness (QED) is 0.760. The number of hydrogen-bond acceptors (Lipinski definition) is 7. The number of hydrogen-bond donors (Lipinski definition) is 2. The van der Waals surface area contributed by atoms with Gasteiger partial charge in [0.25, 0.3) is 0 Å². The van der Waals surface area contributed by atoms with Crippen molar-refractivity contribution < 1.29 is 17.5 Å². The maximum atomic E-state index is 11.9. The molecule has 0 radical (unpaired) electrons. The average Bonchev–Trinajstić information content (AvgIpc) is 2.61. The van der Waals surface area contributed by atoms with Crippen molar-refractivity contribution in [1.82, 2.24) is 15.0 Å². The Labute approximate surface area is 155 Å². The van der Waals surface area contributed by atoms with E-state index in [1.54, 1.807) is 39.4 Å². The smallest absolute Gasteiger partial charge is 0.245 e. The van der Waals surface area contributed by atoms with E-state index in [1.807, 2.05) is 11.0 Å². The van der Waals surface area contributed by atoms with Crippen LogP contribution in [0.15, 0.2) is 24.5 Å². The maximum Gasteiger partial charge on any atom is 0.245 e. The van der Waals surface area contributed by atoms with Crippen LogP contribution in [0, 0.1) is 0 Å².